The number of nitrogens with zero attached hydrogens (tertiary/aromatic N) is 2. The largest absolute Gasteiger partial charge is 0.396 e. The molecule has 3 aromatic rings. The number of hydrogen-bond donors (Lipinski definition) is 2. The summed E-state index contributed by atoms with van der Waals surface area (Å²) in [5.74, 6) is 0.923. The molecule has 0 aliphatic heterocycles. The van der Waals surface area contributed by atoms with Crippen LogP contribution in [0, 0.1) is 6.92 Å². The first kappa shape index (κ1) is 12.2. The van der Waals surface area contributed by atoms with Crippen LogP contribution in [0.4, 0.5) is 0 Å². The first-order valence-corrected chi connectivity index (χ1v) is 6.28. The van der Waals surface area contributed by atoms with E-state index in [1.54, 1.807) is 0 Å². The Morgan fingerprint density at radius 2 is 2.26 bits per heavy atom. The van der Waals surface area contributed by atoms with Gasteiger partial charge in [0.1, 0.15) is 0 Å². The highest BCUT2D eigenvalue weighted by Gasteiger charge is 2.15. The number of aromatic amines is 1. The van der Waals surface area contributed by atoms with E-state index in [-0.39, 0.29) is 6.61 Å². The molecule has 0 saturated heterocycles. The van der Waals surface area contributed by atoms with E-state index in [4.69, 9.17) is 21.2 Å². The van der Waals surface area contributed by atoms with E-state index < -0.39 is 0 Å². The lowest BCUT2D eigenvalue weighted by Gasteiger charge is -2.00. The Kier molecular flexibility index (Phi) is 3.00. The zero-order valence-electron chi connectivity index (χ0n) is 10.3. The maximum Gasteiger partial charge on any atom is 0.229 e. The third-order valence-corrected chi connectivity index (χ3v) is 3.48. The topological polar surface area (TPSA) is 74.9 Å². The van der Waals surface area contributed by atoms with Gasteiger partial charge in [-0.1, -0.05) is 16.8 Å². The second kappa shape index (κ2) is 4.68. The fourth-order valence-electron chi connectivity index (χ4n) is 2.11. The van der Waals surface area contributed by atoms with Crippen LogP contribution in [-0.2, 0) is 6.42 Å². The number of aliphatic hydroxyl groups excluding tert-OH is 1. The standard InChI is InChI=1S/C13H12ClN3O2/c1-7-9(14)2-3-10-12(7)8(6-15-10)13-16-11(4-5-18)19-17-13/h2-3,6,15,18H,4-5H2,1H3. The highest BCUT2D eigenvalue weighted by atomic mass is 35.5. The summed E-state index contributed by atoms with van der Waals surface area (Å²) >= 11 is 6.15. The number of fused-ring (bicyclic) bond motifs is 1. The summed E-state index contributed by atoms with van der Waals surface area (Å²) in [5, 5.41) is 14.5. The van der Waals surface area contributed by atoms with Gasteiger partial charge >= 0.3 is 0 Å². The van der Waals surface area contributed by atoms with Crippen molar-refractivity contribution in [1.29, 1.82) is 0 Å². The zero-order valence-corrected chi connectivity index (χ0v) is 11.0. The van der Waals surface area contributed by atoms with Crippen LogP contribution in [0.2, 0.25) is 5.02 Å². The number of benzene rings is 1. The van der Waals surface area contributed by atoms with Crippen LogP contribution >= 0.6 is 11.6 Å². The number of aromatic nitrogens is 3. The van der Waals surface area contributed by atoms with Gasteiger partial charge in [-0.25, -0.2) is 0 Å². The lowest BCUT2D eigenvalue weighted by Crippen LogP contribution is -1.90. The second-order valence-corrected chi connectivity index (χ2v) is 4.69. The Bertz CT molecular complexity index is 733. The van der Waals surface area contributed by atoms with Crippen molar-refractivity contribution in [3.05, 3.63) is 34.8 Å². The van der Waals surface area contributed by atoms with Gasteiger partial charge in [-0.3, -0.25) is 0 Å². The molecule has 5 nitrogen and oxygen atoms in total. The molecule has 98 valence electrons. The summed E-state index contributed by atoms with van der Waals surface area (Å²) in [7, 11) is 0. The Balaban J connectivity index is 2.16. The van der Waals surface area contributed by atoms with Gasteiger partial charge in [0.15, 0.2) is 0 Å². The van der Waals surface area contributed by atoms with E-state index >= 15 is 0 Å². The van der Waals surface area contributed by atoms with Gasteiger partial charge in [0.05, 0.1) is 13.0 Å². The van der Waals surface area contributed by atoms with E-state index in [9.17, 15) is 0 Å². The predicted octanol–water partition coefficient (Wildman–Crippen LogP) is 2.71. The summed E-state index contributed by atoms with van der Waals surface area (Å²) in [6.45, 7) is 1.94. The highest BCUT2D eigenvalue weighted by molar-refractivity contribution is 6.32. The molecule has 0 amide bonds. The minimum Gasteiger partial charge on any atom is -0.396 e. The maximum atomic E-state index is 8.86. The molecule has 0 bridgehead atoms. The smallest absolute Gasteiger partial charge is 0.229 e. The summed E-state index contributed by atoms with van der Waals surface area (Å²) in [4.78, 5) is 7.43. The minimum atomic E-state index is -0.0135. The lowest BCUT2D eigenvalue weighted by atomic mass is 10.1. The number of halogens is 1. The zero-order chi connectivity index (χ0) is 13.4. The van der Waals surface area contributed by atoms with Crippen LogP contribution in [0.5, 0.6) is 0 Å². The normalized spacial score (nSPS) is 11.3. The van der Waals surface area contributed by atoms with E-state index in [2.05, 4.69) is 15.1 Å². The summed E-state index contributed by atoms with van der Waals surface area (Å²) in [5.41, 5.74) is 2.80. The SMILES string of the molecule is Cc1c(Cl)ccc2[nH]cc(-c3noc(CCO)n3)c12. The van der Waals surface area contributed by atoms with Gasteiger partial charge in [-0.2, -0.15) is 4.98 Å². The minimum absolute atomic E-state index is 0.0135. The van der Waals surface area contributed by atoms with Crippen LogP contribution < -0.4 is 0 Å². The Hall–Kier alpha value is -1.85. The van der Waals surface area contributed by atoms with Crippen LogP contribution in [-0.4, -0.2) is 26.8 Å². The molecule has 1 aromatic carbocycles. The number of aliphatic hydroxyl groups is 1. The quantitative estimate of drug-likeness (QED) is 0.772. The molecule has 0 spiro atoms. The molecule has 0 saturated carbocycles. The van der Waals surface area contributed by atoms with Crippen molar-refractivity contribution < 1.29 is 9.63 Å². The van der Waals surface area contributed by atoms with Crippen molar-refractivity contribution in [2.24, 2.45) is 0 Å². The molecule has 3 rings (SSSR count). The average molecular weight is 278 g/mol. The number of hydrogen-bond acceptors (Lipinski definition) is 4. The molecule has 6 heteroatoms. The third kappa shape index (κ3) is 2.01. The van der Waals surface area contributed by atoms with Gasteiger partial charge in [0.25, 0.3) is 0 Å². The molecule has 0 atom stereocenters. The molecule has 2 aromatic heterocycles. The van der Waals surface area contributed by atoms with Gasteiger partial charge in [0, 0.05) is 27.7 Å². The average Bonchev–Trinajstić information content (AvgIpc) is 3.00. The number of nitrogens with one attached hydrogen (secondary N) is 1. The molecule has 19 heavy (non-hydrogen) atoms. The highest BCUT2D eigenvalue weighted by Crippen LogP contribution is 2.32. The Morgan fingerprint density at radius 1 is 1.42 bits per heavy atom. The molecule has 0 fully saturated rings. The first-order valence-electron chi connectivity index (χ1n) is 5.90. The van der Waals surface area contributed by atoms with Gasteiger partial charge in [-0.05, 0) is 24.6 Å². The van der Waals surface area contributed by atoms with Gasteiger partial charge in [-0.15, -0.1) is 0 Å². The van der Waals surface area contributed by atoms with Crippen LogP contribution in [0.25, 0.3) is 22.3 Å². The maximum absolute atomic E-state index is 8.86. The Labute approximate surface area is 114 Å². The number of H-pyrrole nitrogens is 1. The first-order chi connectivity index (χ1) is 9.20. The van der Waals surface area contributed by atoms with Crippen LogP contribution in [0.15, 0.2) is 22.9 Å². The molecule has 0 unspecified atom stereocenters. The number of aryl methyl sites for hydroxylation is 1. The number of rotatable bonds is 3. The summed E-state index contributed by atoms with van der Waals surface area (Å²) in [6.07, 6.45) is 2.19. The second-order valence-electron chi connectivity index (χ2n) is 4.28. The third-order valence-electron chi connectivity index (χ3n) is 3.07. The van der Waals surface area contributed by atoms with Crippen molar-refractivity contribution in [1.82, 2.24) is 15.1 Å². The monoisotopic (exact) mass is 277 g/mol. The van der Waals surface area contributed by atoms with Crippen LogP contribution in [0.3, 0.4) is 0 Å². The van der Waals surface area contributed by atoms with Crippen molar-refractivity contribution >= 4 is 22.5 Å². The lowest BCUT2D eigenvalue weighted by molar-refractivity contribution is 0.274. The van der Waals surface area contributed by atoms with Crippen molar-refractivity contribution in [2.75, 3.05) is 6.61 Å². The predicted molar refractivity (Wildman–Crippen MR) is 72.1 cm³/mol. The van der Waals surface area contributed by atoms with Gasteiger partial charge < -0.3 is 14.6 Å². The van der Waals surface area contributed by atoms with Gasteiger partial charge in [0.2, 0.25) is 11.7 Å². The molecular formula is C13H12ClN3O2. The van der Waals surface area contributed by atoms with E-state index in [1.165, 1.54) is 0 Å². The molecule has 2 heterocycles. The fraction of sp³-hybridized carbons (Fsp3) is 0.231. The molecule has 0 aliphatic carbocycles. The molecule has 2 N–H and O–H groups in total. The molecular weight excluding hydrogens is 266 g/mol. The molecule has 0 aliphatic rings. The van der Waals surface area contributed by atoms with E-state index in [1.807, 2.05) is 25.3 Å². The molecule has 0 radical (unpaired) electrons. The van der Waals surface area contributed by atoms with E-state index in [0.29, 0.717) is 23.2 Å². The fourth-order valence-corrected chi connectivity index (χ4v) is 2.27. The van der Waals surface area contributed by atoms with E-state index in [0.717, 1.165) is 22.0 Å². The van der Waals surface area contributed by atoms with Crippen molar-refractivity contribution in [2.45, 2.75) is 13.3 Å². The van der Waals surface area contributed by atoms with Crippen molar-refractivity contribution in [3.63, 3.8) is 0 Å². The summed E-state index contributed by atoms with van der Waals surface area (Å²) < 4.78 is 5.08. The van der Waals surface area contributed by atoms with Crippen molar-refractivity contribution in [3.8, 4) is 11.4 Å². The van der Waals surface area contributed by atoms with Crippen LogP contribution in [0.1, 0.15) is 11.5 Å². The summed E-state index contributed by atoms with van der Waals surface area (Å²) in [6, 6.07) is 3.77. The Morgan fingerprint density at radius 3 is 3.05 bits per heavy atom.